The van der Waals surface area contributed by atoms with Crippen LogP contribution in [0.2, 0.25) is 0 Å². The van der Waals surface area contributed by atoms with E-state index < -0.39 is 40.3 Å². The molecule has 0 amide bonds. The molecule has 6 nitrogen and oxygen atoms in total. The number of ketones is 2. The van der Waals surface area contributed by atoms with E-state index in [0.29, 0.717) is 0 Å². The van der Waals surface area contributed by atoms with Crippen molar-refractivity contribution in [1.29, 1.82) is 0 Å². The third-order valence-electron chi connectivity index (χ3n) is 3.38. The maximum atomic E-state index is 12.9. The molecule has 0 aromatic rings. The Morgan fingerprint density at radius 3 is 1.52 bits per heavy atom. The Bertz CT molecular complexity index is 531. The summed E-state index contributed by atoms with van der Waals surface area (Å²) in [6.07, 6.45) is 0.902. The third-order valence-corrected chi connectivity index (χ3v) is 3.38. The van der Waals surface area contributed by atoms with Crippen LogP contribution in [0.1, 0.15) is 55.4 Å². The zero-order valence-electron chi connectivity index (χ0n) is 16.5. The van der Waals surface area contributed by atoms with Gasteiger partial charge in [0, 0.05) is 16.9 Å². The Balaban J connectivity index is 6.34. The molecular weight excluding hydrogens is 324 g/mol. The Hall–Kier alpha value is -1.98. The van der Waals surface area contributed by atoms with Crippen molar-refractivity contribution in [2.45, 2.75) is 55.4 Å². The van der Waals surface area contributed by atoms with E-state index in [2.05, 4.69) is 0 Å². The van der Waals surface area contributed by atoms with E-state index in [1.165, 1.54) is 0 Å². The highest BCUT2D eigenvalue weighted by molar-refractivity contribution is 6.15. The number of carbonyl (C=O) groups is 4. The monoisotopic (exact) mass is 354 g/mol. The number of carbonyl (C=O) groups excluding carboxylic acids is 4. The van der Waals surface area contributed by atoms with Crippen LogP contribution in [0.4, 0.5) is 0 Å². The van der Waals surface area contributed by atoms with Crippen LogP contribution >= 0.6 is 0 Å². The first kappa shape index (κ1) is 23.0. The number of Topliss-reactive ketones (excluding diaryl/α,β-unsaturated/α-hetero) is 2. The van der Waals surface area contributed by atoms with Crippen molar-refractivity contribution in [3.63, 3.8) is 0 Å². The van der Waals surface area contributed by atoms with Gasteiger partial charge in [0.1, 0.15) is 5.92 Å². The van der Waals surface area contributed by atoms with Gasteiger partial charge in [-0.2, -0.15) is 0 Å². The Labute approximate surface area is 149 Å². The molecule has 0 atom stereocenters. The number of hydrogen-bond donors (Lipinski definition) is 0. The fourth-order valence-electron chi connectivity index (χ4n) is 2.05. The standard InChI is InChI=1S/C19H30O6/c1-9-24-13(20)11-12(17(23)25-10-2)14(15(21)18(3,4)5)16(22)19(6,7)8/h11,14H,9-10H2,1-8H3/b12-11-. The van der Waals surface area contributed by atoms with Crippen molar-refractivity contribution in [1.82, 2.24) is 0 Å². The second-order valence-corrected chi connectivity index (χ2v) is 7.73. The number of ether oxygens (including phenoxy) is 2. The minimum absolute atomic E-state index is 0.0547. The van der Waals surface area contributed by atoms with E-state index in [9.17, 15) is 19.2 Å². The van der Waals surface area contributed by atoms with E-state index >= 15 is 0 Å². The van der Waals surface area contributed by atoms with Crippen LogP contribution < -0.4 is 0 Å². The molecule has 0 radical (unpaired) electrons. The van der Waals surface area contributed by atoms with E-state index in [4.69, 9.17) is 9.47 Å². The average Bonchev–Trinajstić information content (AvgIpc) is 2.44. The molecule has 0 spiro atoms. The van der Waals surface area contributed by atoms with Gasteiger partial charge in [0.05, 0.1) is 18.8 Å². The second kappa shape index (κ2) is 8.92. The van der Waals surface area contributed by atoms with Crippen LogP contribution in [0.5, 0.6) is 0 Å². The van der Waals surface area contributed by atoms with Crippen LogP contribution in [0.25, 0.3) is 0 Å². The van der Waals surface area contributed by atoms with Crippen molar-refractivity contribution < 1.29 is 28.7 Å². The first-order valence-electron chi connectivity index (χ1n) is 8.41. The van der Waals surface area contributed by atoms with Crippen molar-refractivity contribution >= 4 is 23.5 Å². The number of hydrogen-bond acceptors (Lipinski definition) is 6. The highest BCUT2D eigenvalue weighted by Crippen LogP contribution is 2.32. The lowest BCUT2D eigenvalue weighted by molar-refractivity contribution is -0.146. The maximum Gasteiger partial charge on any atom is 0.335 e. The zero-order valence-corrected chi connectivity index (χ0v) is 16.5. The lowest BCUT2D eigenvalue weighted by atomic mass is 9.71. The van der Waals surface area contributed by atoms with Crippen LogP contribution in [-0.4, -0.2) is 36.7 Å². The summed E-state index contributed by atoms with van der Waals surface area (Å²) in [5, 5.41) is 0. The van der Waals surface area contributed by atoms with E-state index in [-0.39, 0.29) is 18.8 Å². The number of rotatable bonds is 7. The van der Waals surface area contributed by atoms with Crippen LogP contribution in [0.15, 0.2) is 11.6 Å². The van der Waals surface area contributed by atoms with Crippen LogP contribution in [-0.2, 0) is 28.7 Å². The molecule has 0 aliphatic rings. The van der Waals surface area contributed by atoms with Crippen molar-refractivity contribution in [3.05, 3.63) is 11.6 Å². The Morgan fingerprint density at radius 1 is 0.800 bits per heavy atom. The Morgan fingerprint density at radius 2 is 1.20 bits per heavy atom. The zero-order chi connectivity index (χ0) is 20.0. The van der Waals surface area contributed by atoms with Gasteiger partial charge in [0.25, 0.3) is 0 Å². The van der Waals surface area contributed by atoms with Gasteiger partial charge in [-0.25, -0.2) is 9.59 Å². The summed E-state index contributed by atoms with van der Waals surface area (Å²) in [5.41, 5.74) is -2.04. The second-order valence-electron chi connectivity index (χ2n) is 7.73. The third kappa shape index (κ3) is 6.80. The van der Waals surface area contributed by atoms with Crippen molar-refractivity contribution in [2.75, 3.05) is 13.2 Å². The summed E-state index contributed by atoms with van der Waals surface area (Å²) in [5.74, 6) is -3.94. The topological polar surface area (TPSA) is 86.7 Å². The SMILES string of the molecule is CCOC(=O)/C=C(\C(=O)OCC)C(C(=O)C(C)(C)C)C(=O)C(C)(C)C. The molecule has 0 aliphatic carbocycles. The average molecular weight is 354 g/mol. The molecule has 0 aromatic heterocycles. The predicted molar refractivity (Wildman–Crippen MR) is 93.8 cm³/mol. The fourth-order valence-corrected chi connectivity index (χ4v) is 2.05. The van der Waals surface area contributed by atoms with Crippen LogP contribution in [0.3, 0.4) is 0 Å². The molecule has 0 rings (SSSR count). The number of esters is 2. The molecule has 0 bridgehead atoms. The van der Waals surface area contributed by atoms with E-state index in [1.807, 2.05) is 0 Å². The van der Waals surface area contributed by atoms with E-state index in [1.54, 1.807) is 55.4 Å². The summed E-state index contributed by atoms with van der Waals surface area (Å²) in [6, 6.07) is 0. The summed E-state index contributed by atoms with van der Waals surface area (Å²) in [4.78, 5) is 50.1. The smallest absolute Gasteiger partial charge is 0.335 e. The van der Waals surface area contributed by atoms with Gasteiger partial charge in [0.15, 0.2) is 11.6 Å². The summed E-state index contributed by atoms with van der Waals surface area (Å²) < 4.78 is 9.81. The molecule has 142 valence electrons. The largest absolute Gasteiger partial charge is 0.463 e. The minimum Gasteiger partial charge on any atom is -0.463 e. The van der Waals surface area contributed by atoms with Crippen molar-refractivity contribution in [2.24, 2.45) is 16.7 Å². The maximum absolute atomic E-state index is 12.9. The lowest BCUT2D eigenvalue weighted by Crippen LogP contribution is -2.42. The molecule has 0 unspecified atom stereocenters. The van der Waals surface area contributed by atoms with Gasteiger partial charge in [-0.15, -0.1) is 0 Å². The summed E-state index contributed by atoms with van der Waals surface area (Å²) in [7, 11) is 0. The Kier molecular flexibility index (Phi) is 8.22. The van der Waals surface area contributed by atoms with Crippen molar-refractivity contribution in [3.8, 4) is 0 Å². The quantitative estimate of drug-likeness (QED) is 0.397. The predicted octanol–water partition coefficient (Wildman–Crippen LogP) is 2.89. The first-order valence-corrected chi connectivity index (χ1v) is 8.41. The highest BCUT2D eigenvalue weighted by atomic mass is 16.5. The van der Waals surface area contributed by atoms with Gasteiger partial charge < -0.3 is 9.47 Å². The molecule has 0 aliphatic heterocycles. The molecule has 0 aromatic carbocycles. The first-order chi connectivity index (χ1) is 11.3. The van der Waals surface area contributed by atoms with Gasteiger partial charge in [-0.05, 0) is 13.8 Å². The van der Waals surface area contributed by atoms with Gasteiger partial charge in [0.2, 0.25) is 0 Å². The molecule has 0 heterocycles. The van der Waals surface area contributed by atoms with E-state index in [0.717, 1.165) is 6.08 Å². The van der Waals surface area contributed by atoms with Gasteiger partial charge in [-0.1, -0.05) is 41.5 Å². The fraction of sp³-hybridized carbons (Fsp3) is 0.684. The van der Waals surface area contributed by atoms with Gasteiger partial charge >= 0.3 is 11.9 Å². The summed E-state index contributed by atoms with van der Waals surface area (Å²) >= 11 is 0. The molecule has 0 fully saturated rings. The summed E-state index contributed by atoms with van der Waals surface area (Å²) in [6.45, 7) is 13.3. The molecular formula is C19H30O6. The normalized spacial score (nSPS) is 12.8. The minimum atomic E-state index is -1.39. The molecule has 0 N–H and O–H groups in total. The highest BCUT2D eigenvalue weighted by Gasteiger charge is 2.44. The lowest BCUT2D eigenvalue weighted by Gasteiger charge is -2.29. The molecule has 0 saturated carbocycles. The molecule has 6 heteroatoms. The van der Waals surface area contributed by atoms with Crippen LogP contribution in [0, 0.1) is 16.7 Å². The molecule has 0 saturated heterocycles. The van der Waals surface area contributed by atoms with Gasteiger partial charge in [-0.3, -0.25) is 9.59 Å². The molecule has 25 heavy (non-hydrogen) atoms.